The zero-order valence-electron chi connectivity index (χ0n) is 5.64. The Morgan fingerprint density at radius 1 is 1.73 bits per heavy atom. The second kappa shape index (κ2) is 3.02. The average molecular weight is 286 g/mol. The molecule has 1 aliphatic rings. The Balaban J connectivity index is 2.78. The van der Waals surface area contributed by atoms with Crippen LogP contribution < -0.4 is 5.32 Å². The van der Waals surface area contributed by atoms with Crippen LogP contribution in [0.25, 0.3) is 0 Å². The highest BCUT2D eigenvalue weighted by Gasteiger charge is 2.30. The van der Waals surface area contributed by atoms with Crippen molar-refractivity contribution in [3.8, 4) is 0 Å². The predicted molar refractivity (Wildman–Crippen MR) is 47.2 cm³/mol. The third-order valence-electron chi connectivity index (χ3n) is 1.38. The number of carboxylic acids is 1. The minimum absolute atomic E-state index is 0.660. The van der Waals surface area contributed by atoms with Crippen LogP contribution in [0.3, 0.4) is 0 Å². The number of hydrogen-bond donors (Lipinski definition) is 2. The second-order valence-corrected chi connectivity index (χ2v) is 3.64. The van der Waals surface area contributed by atoms with Crippen molar-refractivity contribution in [2.24, 2.45) is 0 Å². The Morgan fingerprint density at radius 2 is 2.27 bits per heavy atom. The summed E-state index contributed by atoms with van der Waals surface area (Å²) in [5.41, 5.74) is 0. The Hall–Kier alpha value is -0.230. The maximum atomic E-state index is 10.5. The smallest absolute Gasteiger partial charge is 0.347 e. The van der Waals surface area contributed by atoms with Crippen LogP contribution in [0.2, 0.25) is 0 Å². The zero-order chi connectivity index (χ0) is 8.59. The minimum Gasteiger partial charge on any atom is -0.478 e. The number of rotatable bonds is 1. The molecule has 4 nitrogen and oxygen atoms in total. The lowest BCUT2D eigenvalue weighted by molar-refractivity contribution is -0.142. The molecule has 0 amide bonds. The van der Waals surface area contributed by atoms with Gasteiger partial charge in [0.1, 0.15) is 9.21 Å². The van der Waals surface area contributed by atoms with E-state index in [9.17, 15) is 4.79 Å². The number of likely N-dealkylation sites (N-methyl/N-ethyl adjacent to an activating group) is 1. The Kier molecular flexibility index (Phi) is 2.43. The number of nitrogens with zero attached hydrogens (tertiary/aromatic N) is 1. The molecule has 1 aliphatic heterocycles. The molecule has 0 radical (unpaired) electrons. The van der Waals surface area contributed by atoms with Crippen LogP contribution in [0.5, 0.6) is 0 Å². The number of carboxylic acid groups (broad SMARTS) is 1. The zero-order valence-corrected chi connectivity index (χ0v) is 8.81. The molecule has 1 rings (SSSR count). The van der Waals surface area contributed by atoms with E-state index < -0.39 is 12.1 Å². The van der Waals surface area contributed by atoms with E-state index in [-0.39, 0.29) is 0 Å². The molecule has 1 atom stereocenters. The summed E-state index contributed by atoms with van der Waals surface area (Å²) in [6.07, 6.45) is -0.682. The van der Waals surface area contributed by atoms with Crippen LogP contribution in [0.4, 0.5) is 0 Å². The summed E-state index contributed by atoms with van der Waals surface area (Å²) in [7, 11) is 1.68. The van der Waals surface area contributed by atoms with Crippen LogP contribution in [0.15, 0.2) is 9.21 Å². The number of halogens is 2. The third-order valence-corrected chi connectivity index (χ3v) is 3.47. The van der Waals surface area contributed by atoms with Crippen LogP contribution in [-0.2, 0) is 4.79 Å². The summed E-state index contributed by atoms with van der Waals surface area (Å²) in [6, 6.07) is 0. The van der Waals surface area contributed by atoms with Gasteiger partial charge in [0.15, 0.2) is 0 Å². The molecule has 0 saturated carbocycles. The Bertz CT molecular complexity index is 229. The minimum atomic E-state index is -0.904. The molecule has 11 heavy (non-hydrogen) atoms. The summed E-state index contributed by atoms with van der Waals surface area (Å²) in [4.78, 5) is 12.1. The van der Waals surface area contributed by atoms with Crippen molar-refractivity contribution in [1.29, 1.82) is 0 Å². The third kappa shape index (κ3) is 1.51. The molecule has 0 fully saturated rings. The summed E-state index contributed by atoms with van der Waals surface area (Å²) >= 11 is 6.38. The SMILES string of the molecule is CN1C(Br)=C(Br)N[C@H]1C(=O)O. The standard InChI is InChI=1S/C5H6Br2N2O2/c1-9-3(7)2(6)8-4(9)5(10)11/h4,8H,1H3,(H,10,11)/t4-/m1/s1. The summed E-state index contributed by atoms with van der Waals surface area (Å²) < 4.78 is 1.37. The van der Waals surface area contributed by atoms with Crippen molar-refractivity contribution in [2.45, 2.75) is 6.17 Å². The molecule has 62 valence electrons. The quantitative estimate of drug-likeness (QED) is 0.702. The molecule has 0 aliphatic carbocycles. The van der Waals surface area contributed by atoms with Gasteiger partial charge in [-0.15, -0.1) is 0 Å². The van der Waals surface area contributed by atoms with Crippen LogP contribution in [0, 0.1) is 0 Å². The molecule has 0 bridgehead atoms. The maximum absolute atomic E-state index is 10.5. The van der Waals surface area contributed by atoms with Gasteiger partial charge in [0, 0.05) is 7.05 Å². The first-order valence-corrected chi connectivity index (χ1v) is 4.40. The lowest BCUT2D eigenvalue weighted by Gasteiger charge is -2.17. The van der Waals surface area contributed by atoms with Gasteiger partial charge in [-0.25, -0.2) is 4.79 Å². The van der Waals surface area contributed by atoms with Crippen molar-refractivity contribution in [3.05, 3.63) is 9.21 Å². The molecule has 0 spiro atoms. The fourth-order valence-corrected chi connectivity index (χ4v) is 1.59. The largest absolute Gasteiger partial charge is 0.478 e. The molecule has 1 heterocycles. The molecular formula is C5H6Br2N2O2. The van der Waals surface area contributed by atoms with E-state index >= 15 is 0 Å². The van der Waals surface area contributed by atoms with Crippen molar-refractivity contribution >= 4 is 37.8 Å². The van der Waals surface area contributed by atoms with E-state index in [0.717, 1.165) is 0 Å². The van der Waals surface area contributed by atoms with Crippen molar-refractivity contribution in [2.75, 3.05) is 7.05 Å². The Morgan fingerprint density at radius 3 is 2.45 bits per heavy atom. The fourth-order valence-electron chi connectivity index (χ4n) is 0.772. The van der Waals surface area contributed by atoms with Gasteiger partial charge in [-0.05, 0) is 31.9 Å². The molecule has 0 unspecified atom stereocenters. The van der Waals surface area contributed by atoms with Crippen molar-refractivity contribution in [3.63, 3.8) is 0 Å². The topological polar surface area (TPSA) is 52.6 Å². The molecule has 2 N–H and O–H groups in total. The highest BCUT2D eigenvalue weighted by molar-refractivity contribution is 9.14. The lowest BCUT2D eigenvalue weighted by Crippen LogP contribution is -2.41. The van der Waals surface area contributed by atoms with Gasteiger partial charge in [0.05, 0.1) is 0 Å². The summed E-state index contributed by atoms with van der Waals surface area (Å²) in [6.45, 7) is 0. The Labute approximate surface area is 80.5 Å². The van der Waals surface area contributed by atoms with Gasteiger partial charge in [0.25, 0.3) is 0 Å². The molecular weight excluding hydrogens is 280 g/mol. The summed E-state index contributed by atoms with van der Waals surface area (Å²) in [5.74, 6) is -0.904. The highest BCUT2D eigenvalue weighted by Crippen LogP contribution is 2.26. The van der Waals surface area contributed by atoms with E-state index in [2.05, 4.69) is 37.2 Å². The van der Waals surface area contributed by atoms with E-state index in [0.29, 0.717) is 9.21 Å². The fraction of sp³-hybridized carbons (Fsp3) is 0.400. The van der Waals surface area contributed by atoms with Crippen LogP contribution in [0.1, 0.15) is 0 Å². The average Bonchev–Trinajstić information content (AvgIpc) is 2.17. The van der Waals surface area contributed by atoms with E-state index in [1.807, 2.05) is 0 Å². The van der Waals surface area contributed by atoms with Gasteiger partial charge in [-0.3, -0.25) is 0 Å². The highest BCUT2D eigenvalue weighted by atomic mass is 79.9. The van der Waals surface area contributed by atoms with Crippen molar-refractivity contribution < 1.29 is 9.90 Å². The van der Waals surface area contributed by atoms with E-state index in [1.54, 1.807) is 11.9 Å². The van der Waals surface area contributed by atoms with Gasteiger partial charge in [-0.1, -0.05) is 0 Å². The lowest BCUT2D eigenvalue weighted by atomic mass is 10.5. The number of hydrogen-bond acceptors (Lipinski definition) is 3. The van der Waals surface area contributed by atoms with Gasteiger partial charge >= 0.3 is 5.97 Å². The number of nitrogens with one attached hydrogen (secondary N) is 1. The maximum Gasteiger partial charge on any atom is 0.347 e. The van der Waals surface area contributed by atoms with Crippen LogP contribution >= 0.6 is 31.9 Å². The van der Waals surface area contributed by atoms with Crippen LogP contribution in [-0.4, -0.2) is 29.2 Å². The molecule has 0 aromatic carbocycles. The normalized spacial score (nSPS) is 23.9. The van der Waals surface area contributed by atoms with E-state index in [4.69, 9.17) is 5.11 Å². The first-order chi connectivity index (χ1) is 5.04. The first-order valence-electron chi connectivity index (χ1n) is 2.81. The van der Waals surface area contributed by atoms with Gasteiger partial charge < -0.3 is 15.3 Å². The number of carbonyl (C=O) groups is 1. The van der Waals surface area contributed by atoms with Crippen molar-refractivity contribution in [1.82, 2.24) is 10.2 Å². The monoisotopic (exact) mass is 284 g/mol. The number of aliphatic carboxylic acids is 1. The molecule has 0 aromatic heterocycles. The van der Waals surface area contributed by atoms with Gasteiger partial charge in [-0.2, -0.15) is 0 Å². The molecule has 0 saturated heterocycles. The second-order valence-electron chi connectivity index (χ2n) is 2.10. The van der Waals surface area contributed by atoms with Gasteiger partial charge in [0.2, 0.25) is 6.17 Å². The molecule has 0 aromatic rings. The predicted octanol–water partition coefficient (Wildman–Crippen LogP) is 0.849. The first kappa shape index (κ1) is 8.86. The summed E-state index contributed by atoms with van der Waals surface area (Å²) in [5, 5.41) is 11.4. The molecule has 6 heteroatoms. The van der Waals surface area contributed by atoms with E-state index in [1.165, 1.54) is 0 Å².